The predicted molar refractivity (Wildman–Crippen MR) is 116 cm³/mol. The monoisotopic (exact) mass is 408 g/mol. The van der Waals surface area contributed by atoms with Crippen molar-refractivity contribution >= 4 is 34.0 Å². The summed E-state index contributed by atoms with van der Waals surface area (Å²) in [5.41, 5.74) is 12.5. The first-order chi connectivity index (χ1) is 14.4. The summed E-state index contributed by atoms with van der Waals surface area (Å²) in [7, 11) is 1.79. The van der Waals surface area contributed by atoms with Gasteiger partial charge in [-0.05, 0) is 42.5 Å². The molecule has 0 spiro atoms. The Balaban J connectivity index is 1.71. The number of amides is 1. The smallest absolute Gasteiger partial charge is 0.252 e. The van der Waals surface area contributed by atoms with Gasteiger partial charge in [-0.1, -0.05) is 18.9 Å². The van der Waals surface area contributed by atoms with E-state index in [4.69, 9.17) is 11.5 Å². The van der Waals surface area contributed by atoms with Crippen LogP contribution in [0.15, 0.2) is 42.7 Å². The van der Waals surface area contributed by atoms with E-state index >= 15 is 0 Å². The summed E-state index contributed by atoms with van der Waals surface area (Å²) >= 11 is 0. The van der Waals surface area contributed by atoms with Gasteiger partial charge < -0.3 is 21.7 Å². The van der Waals surface area contributed by atoms with E-state index in [-0.39, 0.29) is 29.3 Å². The lowest BCUT2D eigenvalue weighted by atomic mass is 9.90. The average Bonchev–Trinajstić information content (AvgIpc) is 2.74. The van der Waals surface area contributed by atoms with E-state index in [0.29, 0.717) is 5.69 Å². The maximum Gasteiger partial charge on any atom is 0.252 e. The maximum absolute atomic E-state index is 14.9. The summed E-state index contributed by atoms with van der Waals surface area (Å²) in [6, 6.07) is 8.63. The van der Waals surface area contributed by atoms with Crippen LogP contribution >= 0.6 is 0 Å². The molecular weight excluding hydrogens is 383 g/mol. The first-order valence-electron chi connectivity index (χ1n) is 10.0. The van der Waals surface area contributed by atoms with Crippen LogP contribution in [0.5, 0.6) is 0 Å². The minimum Gasteiger partial charge on any atom is -0.365 e. The van der Waals surface area contributed by atoms with Crippen LogP contribution in [0.3, 0.4) is 0 Å². The zero-order valence-corrected chi connectivity index (χ0v) is 16.8. The predicted octanol–water partition coefficient (Wildman–Crippen LogP) is 3.32. The molecule has 1 amide bonds. The number of carbonyl (C=O) groups is 1. The standard InChI is InChI=1S/C22H25FN6O/c1-29(19-5-3-2-4-18(19)24)22-17(23)11-16(20(25)30)21(28-22)27-15-7-6-14-12-26-9-8-13(14)10-15/h6-12,18-19H,2-5,24H2,1H3,(H2,25,30)(H,27,28)/t18-,19+/m0/s1. The van der Waals surface area contributed by atoms with Crippen molar-refractivity contribution in [1.29, 1.82) is 0 Å². The number of nitrogens with zero attached hydrogens (tertiary/aromatic N) is 3. The van der Waals surface area contributed by atoms with E-state index in [2.05, 4.69) is 15.3 Å². The number of aromatic nitrogens is 2. The van der Waals surface area contributed by atoms with Crippen molar-refractivity contribution in [3.63, 3.8) is 0 Å². The number of anilines is 3. The molecule has 0 bridgehead atoms. The normalized spacial score (nSPS) is 18.9. The molecule has 30 heavy (non-hydrogen) atoms. The highest BCUT2D eigenvalue weighted by atomic mass is 19.1. The molecule has 8 heteroatoms. The third kappa shape index (κ3) is 3.91. The van der Waals surface area contributed by atoms with Crippen LogP contribution in [0, 0.1) is 5.82 Å². The summed E-state index contributed by atoms with van der Waals surface area (Å²) in [4.78, 5) is 22.3. The van der Waals surface area contributed by atoms with E-state index in [1.165, 1.54) is 0 Å². The molecule has 3 aromatic rings. The molecule has 2 atom stereocenters. The third-order valence-electron chi connectivity index (χ3n) is 5.74. The number of benzene rings is 1. The minimum absolute atomic E-state index is 0.00702. The summed E-state index contributed by atoms with van der Waals surface area (Å²) in [5, 5.41) is 5.08. The topological polar surface area (TPSA) is 110 Å². The van der Waals surface area contributed by atoms with E-state index in [0.717, 1.165) is 42.5 Å². The van der Waals surface area contributed by atoms with Crippen molar-refractivity contribution in [2.45, 2.75) is 37.8 Å². The Morgan fingerprint density at radius 3 is 2.77 bits per heavy atom. The molecular formula is C22H25FN6O. The van der Waals surface area contributed by atoms with Crippen LogP contribution in [0.1, 0.15) is 36.0 Å². The highest BCUT2D eigenvalue weighted by Gasteiger charge is 2.29. The van der Waals surface area contributed by atoms with Gasteiger partial charge in [-0.15, -0.1) is 0 Å². The number of hydrogen-bond acceptors (Lipinski definition) is 6. The van der Waals surface area contributed by atoms with Crippen LogP contribution in [-0.2, 0) is 0 Å². The quantitative estimate of drug-likeness (QED) is 0.597. The molecule has 0 radical (unpaired) electrons. The molecule has 2 aromatic heterocycles. The molecule has 1 aliphatic rings. The lowest BCUT2D eigenvalue weighted by Gasteiger charge is -2.37. The van der Waals surface area contributed by atoms with Gasteiger partial charge in [0.1, 0.15) is 5.82 Å². The molecule has 1 fully saturated rings. The number of rotatable bonds is 5. The lowest BCUT2D eigenvalue weighted by Crippen LogP contribution is -2.48. The first-order valence-corrected chi connectivity index (χ1v) is 10.0. The summed E-state index contributed by atoms with van der Waals surface area (Å²) in [6.45, 7) is 0. The number of halogens is 1. The van der Waals surface area contributed by atoms with Crippen molar-refractivity contribution in [2.75, 3.05) is 17.3 Å². The van der Waals surface area contributed by atoms with Gasteiger partial charge in [-0.2, -0.15) is 0 Å². The van der Waals surface area contributed by atoms with Gasteiger partial charge in [-0.25, -0.2) is 9.37 Å². The van der Waals surface area contributed by atoms with Gasteiger partial charge in [0, 0.05) is 42.6 Å². The van der Waals surface area contributed by atoms with Crippen molar-refractivity contribution in [3.8, 4) is 0 Å². The highest BCUT2D eigenvalue weighted by Crippen LogP contribution is 2.30. The van der Waals surface area contributed by atoms with Gasteiger partial charge in [0.25, 0.3) is 5.91 Å². The second kappa shape index (κ2) is 8.23. The fraction of sp³-hybridized carbons (Fsp3) is 0.318. The molecule has 2 heterocycles. The lowest BCUT2D eigenvalue weighted by molar-refractivity contribution is 0.100. The molecule has 0 aliphatic heterocycles. The molecule has 0 saturated heterocycles. The van der Waals surface area contributed by atoms with Crippen LogP contribution < -0.4 is 21.7 Å². The van der Waals surface area contributed by atoms with E-state index < -0.39 is 11.7 Å². The van der Waals surface area contributed by atoms with Crippen LogP contribution in [0.4, 0.5) is 21.7 Å². The van der Waals surface area contributed by atoms with Crippen molar-refractivity contribution in [2.24, 2.45) is 11.5 Å². The number of likely N-dealkylation sites (N-methyl/N-ethyl adjacent to an activating group) is 1. The summed E-state index contributed by atoms with van der Waals surface area (Å²) < 4.78 is 14.9. The van der Waals surface area contributed by atoms with E-state index in [1.807, 2.05) is 24.3 Å². The van der Waals surface area contributed by atoms with Crippen molar-refractivity contribution in [1.82, 2.24) is 9.97 Å². The Kier molecular flexibility index (Phi) is 5.50. The van der Waals surface area contributed by atoms with Gasteiger partial charge >= 0.3 is 0 Å². The van der Waals surface area contributed by atoms with Gasteiger partial charge in [0.2, 0.25) is 0 Å². The molecule has 1 aromatic carbocycles. The molecule has 5 N–H and O–H groups in total. The summed E-state index contributed by atoms with van der Waals surface area (Å²) in [5.74, 6) is -0.991. The Labute approximate surface area is 174 Å². The number of primary amides is 1. The number of fused-ring (bicyclic) bond motifs is 1. The fourth-order valence-electron chi connectivity index (χ4n) is 4.09. The largest absolute Gasteiger partial charge is 0.365 e. The van der Waals surface area contributed by atoms with Gasteiger partial charge in [-0.3, -0.25) is 9.78 Å². The Morgan fingerprint density at radius 2 is 2.00 bits per heavy atom. The number of carbonyl (C=O) groups excluding carboxylic acids is 1. The third-order valence-corrected chi connectivity index (χ3v) is 5.74. The number of hydrogen-bond donors (Lipinski definition) is 3. The minimum atomic E-state index is -0.752. The van der Waals surface area contributed by atoms with Crippen LogP contribution in [0.2, 0.25) is 0 Å². The molecule has 1 saturated carbocycles. The van der Waals surface area contributed by atoms with Gasteiger partial charge in [0.15, 0.2) is 11.6 Å². The zero-order valence-electron chi connectivity index (χ0n) is 16.8. The molecule has 1 aliphatic carbocycles. The second-order valence-electron chi connectivity index (χ2n) is 7.74. The molecule has 7 nitrogen and oxygen atoms in total. The number of pyridine rings is 2. The molecule has 156 valence electrons. The molecule has 0 unspecified atom stereocenters. The SMILES string of the molecule is CN(c1nc(Nc2ccc3cnccc3c2)c(C(N)=O)cc1F)[C@@H]1CCCC[C@@H]1N. The average molecular weight is 408 g/mol. The first kappa shape index (κ1) is 20.0. The zero-order chi connectivity index (χ0) is 21.3. The van der Waals surface area contributed by atoms with Crippen molar-refractivity contribution in [3.05, 3.63) is 54.1 Å². The second-order valence-corrected chi connectivity index (χ2v) is 7.74. The van der Waals surface area contributed by atoms with Crippen LogP contribution in [-0.4, -0.2) is 35.0 Å². The van der Waals surface area contributed by atoms with Crippen molar-refractivity contribution < 1.29 is 9.18 Å². The Bertz CT molecular complexity index is 1090. The fourth-order valence-corrected chi connectivity index (χ4v) is 4.09. The Morgan fingerprint density at radius 1 is 1.20 bits per heavy atom. The summed E-state index contributed by atoms with van der Waals surface area (Å²) in [6.07, 6.45) is 7.36. The van der Waals surface area contributed by atoms with E-state index in [1.54, 1.807) is 24.3 Å². The maximum atomic E-state index is 14.9. The number of nitrogens with two attached hydrogens (primary N) is 2. The highest BCUT2D eigenvalue weighted by molar-refractivity contribution is 5.99. The van der Waals surface area contributed by atoms with Crippen LogP contribution in [0.25, 0.3) is 10.8 Å². The van der Waals surface area contributed by atoms with E-state index in [9.17, 15) is 9.18 Å². The number of nitrogens with one attached hydrogen (secondary N) is 1. The Hall–Kier alpha value is -3.26. The van der Waals surface area contributed by atoms with Gasteiger partial charge in [0.05, 0.1) is 5.56 Å². The molecule has 4 rings (SSSR count).